The molecule has 0 aliphatic carbocycles. The van der Waals surface area contributed by atoms with Gasteiger partial charge in [-0.25, -0.2) is 17.9 Å². The molecule has 3 aromatic rings. The fourth-order valence-electron chi connectivity index (χ4n) is 2.35. The average Bonchev–Trinajstić information content (AvgIpc) is 2.93. The lowest BCUT2D eigenvalue weighted by Gasteiger charge is -2.15. The molecule has 24 heavy (non-hydrogen) atoms. The third-order valence-electron chi connectivity index (χ3n) is 3.65. The molecule has 2 aromatic carbocycles. The number of benzene rings is 2. The van der Waals surface area contributed by atoms with Crippen LogP contribution in [0, 0.1) is 0 Å². The summed E-state index contributed by atoms with van der Waals surface area (Å²) in [5.74, 6) is 0.0702. The monoisotopic (exact) mass is 348 g/mol. The lowest BCUT2D eigenvalue weighted by Crippen LogP contribution is -2.26. The molecule has 0 aliphatic heterocycles. The summed E-state index contributed by atoms with van der Waals surface area (Å²) in [6, 6.07) is 10.9. The molecule has 3 rings (SSSR count). The van der Waals surface area contributed by atoms with E-state index in [2.05, 4.69) is 9.71 Å². The predicted octanol–water partition coefficient (Wildman–Crippen LogP) is 2.17. The first-order valence-corrected chi connectivity index (χ1v) is 8.66. The number of aromatic nitrogens is 1. The van der Waals surface area contributed by atoms with Crippen molar-refractivity contribution in [2.24, 2.45) is 0 Å². The minimum atomic E-state index is -3.76. The molecule has 0 radical (unpaired) electrons. The Hall–Kier alpha value is -2.58. The molecule has 2 N–H and O–H groups in total. The van der Waals surface area contributed by atoms with Crippen molar-refractivity contribution in [1.29, 1.82) is 0 Å². The third kappa shape index (κ3) is 3.19. The molecule has 1 aromatic heterocycles. The van der Waals surface area contributed by atoms with Crippen LogP contribution in [-0.2, 0) is 10.0 Å². The normalized spacial score (nSPS) is 13.1. The smallest absolute Gasteiger partial charge is 0.417 e. The minimum absolute atomic E-state index is 0.0260. The van der Waals surface area contributed by atoms with Gasteiger partial charge in [0.15, 0.2) is 5.58 Å². The lowest BCUT2D eigenvalue weighted by molar-refractivity contribution is 0.414. The van der Waals surface area contributed by atoms with E-state index in [9.17, 15) is 13.2 Å². The highest BCUT2D eigenvalue weighted by molar-refractivity contribution is 7.89. The van der Waals surface area contributed by atoms with Crippen LogP contribution in [0.15, 0.2) is 56.6 Å². The van der Waals surface area contributed by atoms with E-state index in [0.29, 0.717) is 11.3 Å². The highest BCUT2D eigenvalue weighted by Gasteiger charge is 2.19. The number of methoxy groups -OCH3 is 1. The number of nitrogens with one attached hydrogen (secondary N) is 2. The van der Waals surface area contributed by atoms with Crippen molar-refractivity contribution in [3.8, 4) is 5.75 Å². The molecule has 0 aliphatic rings. The number of ether oxygens (including phenoxy) is 1. The van der Waals surface area contributed by atoms with Crippen molar-refractivity contribution in [2.45, 2.75) is 17.9 Å². The minimum Gasteiger partial charge on any atom is -0.497 e. The fourth-order valence-corrected chi connectivity index (χ4v) is 3.60. The number of hydrogen-bond donors (Lipinski definition) is 2. The molecule has 0 amide bonds. The van der Waals surface area contributed by atoms with Gasteiger partial charge in [0.05, 0.1) is 17.5 Å². The molecule has 7 nitrogen and oxygen atoms in total. The molecule has 126 valence electrons. The number of sulfonamides is 1. The predicted molar refractivity (Wildman–Crippen MR) is 88.6 cm³/mol. The molecule has 1 heterocycles. The van der Waals surface area contributed by atoms with Crippen LogP contribution in [0.1, 0.15) is 18.5 Å². The molecule has 0 bridgehead atoms. The van der Waals surface area contributed by atoms with E-state index in [1.54, 1.807) is 38.3 Å². The van der Waals surface area contributed by atoms with Crippen LogP contribution in [-0.4, -0.2) is 20.5 Å². The second kappa shape index (κ2) is 6.14. The van der Waals surface area contributed by atoms with Crippen LogP contribution < -0.4 is 15.2 Å². The fraction of sp³-hybridized carbons (Fsp3) is 0.188. The lowest BCUT2D eigenvalue weighted by atomic mass is 10.1. The highest BCUT2D eigenvalue weighted by atomic mass is 32.2. The number of oxazole rings is 1. The molecule has 0 fully saturated rings. The second-order valence-electron chi connectivity index (χ2n) is 5.29. The molecular weight excluding hydrogens is 332 g/mol. The van der Waals surface area contributed by atoms with E-state index in [-0.39, 0.29) is 10.5 Å². The van der Waals surface area contributed by atoms with E-state index in [1.807, 2.05) is 0 Å². The van der Waals surface area contributed by atoms with Crippen LogP contribution >= 0.6 is 0 Å². The van der Waals surface area contributed by atoms with Gasteiger partial charge in [0, 0.05) is 12.1 Å². The van der Waals surface area contributed by atoms with E-state index >= 15 is 0 Å². The van der Waals surface area contributed by atoms with Gasteiger partial charge in [0.1, 0.15) is 5.75 Å². The van der Waals surface area contributed by atoms with Crippen molar-refractivity contribution in [3.63, 3.8) is 0 Å². The van der Waals surface area contributed by atoms with Crippen molar-refractivity contribution >= 4 is 21.1 Å². The Morgan fingerprint density at radius 2 is 1.88 bits per heavy atom. The summed E-state index contributed by atoms with van der Waals surface area (Å²) in [6.45, 7) is 1.74. The molecule has 0 unspecified atom stereocenters. The summed E-state index contributed by atoms with van der Waals surface area (Å²) in [5.41, 5.74) is 1.44. The summed E-state index contributed by atoms with van der Waals surface area (Å²) in [5, 5.41) is 0. The van der Waals surface area contributed by atoms with Crippen LogP contribution in [0.2, 0.25) is 0 Å². The van der Waals surface area contributed by atoms with Crippen molar-refractivity contribution in [1.82, 2.24) is 9.71 Å². The van der Waals surface area contributed by atoms with E-state index in [4.69, 9.17) is 9.15 Å². The number of aromatic amines is 1. The Morgan fingerprint density at radius 3 is 2.54 bits per heavy atom. The van der Waals surface area contributed by atoms with Gasteiger partial charge in [0.2, 0.25) is 10.0 Å². The number of fused-ring (bicyclic) bond motifs is 1. The Kier molecular flexibility index (Phi) is 4.16. The first kappa shape index (κ1) is 16.3. The van der Waals surface area contributed by atoms with Crippen molar-refractivity contribution < 1.29 is 17.6 Å². The number of hydrogen-bond acceptors (Lipinski definition) is 5. The molecule has 0 spiro atoms. The van der Waals surface area contributed by atoms with Gasteiger partial charge in [-0.3, -0.25) is 4.98 Å². The summed E-state index contributed by atoms with van der Waals surface area (Å²) in [6.07, 6.45) is 0. The Bertz CT molecular complexity index is 1020. The summed E-state index contributed by atoms with van der Waals surface area (Å²) in [4.78, 5) is 13.7. The Labute approximate surface area is 138 Å². The van der Waals surface area contributed by atoms with Crippen LogP contribution in [0.5, 0.6) is 5.75 Å². The van der Waals surface area contributed by atoms with Gasteiger partial charge in [-0.2, -0.15) is 0 Å². The molecular formula is C16H16N2O5S. The zero-order chi connectivity index (χ0) is 17.3. The van der Waals surface area contributed by atoms with Gasteiger partial charge in [0.25, 0.3) is 0 Å². The SMILES string of the molecule is COc1ccc([C@H](C)NS(=O)(=O)c2ccc3[nH]c(=O)oc3c2)cc1. The summed E-state index contributed by atoms with van der Waals surface area (Å²) >= 11 is 0. The number of H-pyrrole nitrogens is 1. The van der Waals surface area contributed by atoms with E-state index in [0.717, 1.165) is 5.56 Å². The highest BCUT2D eigenvalue weighted by Crippen LogP contribution is 2.21. The van der Waals surface area contributed by atoms with Crippen molar-refractivity contribution in [2.75, 3.05) is 7.11 Å². The zero-order valence-electron chi connectivity index (χ0n) is 13.1. The second-order valence-corrected chi connectivity index (χ2v) is 7.00. The topological polar surface area (TPSA) is 101 Å². The zero-order valence-corrected chi connectivity index (χ0v) is 13.9. The van der Waals surface area contributed by atoms with Gasteiger partial charge in [-0.15, -0.1) is 0 Å². The maximum atomic E-state index is 12.5. The van der Waals surface area contributed by atoms with Crippen LogP contribution in [0.25, 0.3) is 11.1 Å². The number of rotatable bonds is 5. The quantitative estimate of drug-likeness (QED) is 0.736. The van der Waals surface area contributed by atoms with Crippen molar-refractivity contribution in [3.05, 3.63) is 58.6 Å². The average molecular weight is 348 g/mol. The molecule has 0 saturated heterocycles. The van der Waals surface area contributed by atoms with Gasteiger partial charge in [-0.05, 0) is 36.8 Å². The van der Waals surface area contributed by atoms with Crippen LogP contribution in [0.3, 0.4) is 0 Å². The standard InChI is InChI=1S/C16H16N2O5S/c1-10(11-3-5-12(22-2)6-4-11)18-24(20,21)13-7-8-14-15(9-13)23-16(19)17-14/h3-10,18H,1-2H3,(H,17,19)/t10-/m0/s1. The molecule has 8 heteroatoms. The first-order chi connectivity index (χ1) is 11.4. The van der Waals surface area contributed by atoms with E-state index < -0.39 is 21.8 Å². The maximum absolute atomic E-state index is 12.5. The van der Waals surface area contributed by atoms with Gasteiger partial charge in [-0.1, -0.05) is 12.1 Å². The van der Waals surface area contributed by atoms with Crippen LogP contribution in [0.4, 0.5) is 0 Å². The summed E-state index contributed by atoms with van der Waals surface area (Å²) in [7, 11) is -2.20. The molecule has 0 saturated carbocycles. The third-order valence-corrected chi connectivity index (χ3v) is 5.19. The Balaban J connectivity index is 1.86. The van der Waals surface area contributed by atoms with E-state index in [1.165, 1.54) is 18.2 Å². The first-order valence-electron chi connectivity index (χ1n) is 7.18. The largest absolute Gasteiger partial charge is 0.497 e. The van der Waals surface area contributed by atoms with Gasteiger partial charge < -0.3 is 9.15 Å². The maximum Gasteiger partial charge on any atom is 0.417 e. The summed E-state index contributed by atoms with van der Waals surface area (Å²) < 4.78 is 37.6. The molecule has 1 atom stereocenters. The Morgan fingerprint density at radius 1 is 1.17 bits per heavy atom. The van der Waals surface area contributed by atoms with Gasteiger partial charge >= 0.3 is 5.76 Å².